The first-order valence-corrected chi connectivity index (χ1v) is 6.47. The molecule has 1 aromatic carbocycles. The van der Waals surface area contributed by atoms with Gasteiger partial charge in [0, 0.05) is 5.56 Å². The van der Waals surface area contributed by atoms with Gasteiger partial charge in [-0.3, -0.25) is 4.84 Å². The van der Waals surface area contributed by atoms with E-state index in [0.717, 1.165) is 19.3 Å². The van der Waals surface area contributed by atoms with Crippen molar-refractivity contribution in [3.05, 3.63) is 35.6 Å². The summed E-state index contributed by atoms with van der Waals surface area (Å²) in [7, 11) is 0. The van der Waals surface area contributed by atoms with Crippen LogP contribution in [-0.2, 0) is 4.84 Å². The number of hydroxylamine groups is 1. The molecule has 0 bridgehead atoms. The SMILES string of the molecule is CCC(NOC1CCCC1)c1ccccc1F. The van der Waals surface area contributed by atoms with Crippen LogP contribution in [0, 0.1) is 5.82 Å². The molecule has 3 heteroatoms. The fraction of sp³-hybridized carbons (Fsp3) is 0.571. The molecule has 1 atom stereocenters. The summed E-state index contributed by atoms with van der Waals surface area (Å²) in [6.45, 7) is 2.03. The molecule has 1 fully saturated rings. The van der Waals surface area contributed by atoms with Gasteiger partial charge in [-0.25, -0.2) is 4.39 Å². The van der Waals surface area contributed by atoms with Crippen molar-refractivity contribution in [2.45, 2.75) is 51.2 Å². The van der Waals surface area contributed by atoms with E-state index >= 15 is 0 Å². The second-order valence-electron chi connectivity index (χ2n) is 4.62. The summed E-state index contributed by atoms with van der Waals surface area (Å²) in [4.78, 5) is 5.65. The summed E-state index contributed by atoms with van der Waals surface area (Å²) >= 11 is 0. The van der Waals surface area contributed by atoms with Crippen molar-refractivity contribution in [1.82, 2.24) is 5.48 Å². The van der Waals surface area contributed by atoms with Gasteiger partial charge in [0.1, 0.15) is 5.82 Å². The molecule has 94 valence electrons. The minimum Gasteiger partial charge on any atom is -0.298 e. The molecular formula is C14H20FNO. The second-order valence-corrected chi connectivity index (χ2v) is 4.62. The number of halogens is 1. The van der Waals surface area contributed by atoms with Crippen molar-refractivity contribution in [1.29, 1.82) is 0 Å². The minimum atomic E-state index is -0.165. The Hall–Kier alpha value is -0.930. The molecule has 0 aliphatic heterocycles. The molecule has 1 N–H and O–H groups in total. The molecule has 17 heavy (non-hydrogen) atoms. The van der Waals surface area contributed by atoms with E-state index < -0.39 is 0 Å². The molecule has 1 aromatic rings. The highest BCUT2D eigenvalue weighted by molar-refractivity contribution is 5.20. The lowest BCUT2D eigenvalue weighted by Gasteiger charge is -2.20. The Bertz CT molecular complexity index is 350. The van der Waals surface area contributed by atoms with Gasteiger partial charge in [0.05, 0.1) is 12.1 Å². The molecule has 0 spiro atoms. The van der Waals surface area contributed by atoms with Gasteiger partial charge in [0.15, 0.2) is 0 Å². The van der Waals surface area contributed by atoms with Crippen LogP contribution in [-0.4, -0.2) is 6.10 Å². The summed E-state index contributed by atoms with van der Waals surface area (Å²) < 4.78 is 13.6. The minimum absolute atomic E-state index is 0.0585. The van der Waals surface area contributed by atoms with Gasteiger partial charge < -0.3 is 0 Å². The van der Waals surface area contributed by atoms with Crippen LogP contribution in [0.3, 0.4) is 0 Å². The first-order chi connectivity index (χ1) is 8.31. The highest BCUT2D eigenvalue weighted by Gasteiger charge is 2.19. The van der Waals surface area contributed by atoms with E-state index in [9.17, 15) is 4.39 Å². The topological polar surface area (TPSA) is 21.3 Å². The molecule has 1 saturated carbocycles. The van der Waals surface area contributed by atoms with Crippen molar-refractivity contribution in [2.75, 3.05) is 0 Å². The van der Waals surface area contributed by atoms with E-state index in [-0.39, 0.29) is 11.9 Å². The fourth-order valence-electron chi connectivity index (χ4n) is 2.31. The fourth-order valence-corrected chi connectivity index (χ4v) is 2.31. The van der Waals surface area contributed by atoms with Gasteiger partial charge in [0.2, 0.25) is 0 Å². The molecular weight excluding hydrogens is 217 g/mol. The van der Waals surface area contributed by atoms with Crippen LogP contribution in [0.1, 0.15) is 50.6 Å². The molecule has 0 radical (unpaired) electrons. The van der Waals surface area contributed by atoms with E-state index in [4.69, 9.17) is 4.84 Å². The Morgan fingerprint density at radius 3 is 2.71 bits per heavy atom. The van der Waals surface area contributed by atoms with Crippen LogP contribution in [0.25, 0.3) is 0 Å². The van der Waals surface area contributed by atoms with Crippen LogP contribution in [0.4, 0.5) is 4.39 Å². The Kier molecular flexibility index (Phi) is 4.51. The number of hydrogen-bond acceptors (Lipinski definition) is 2. The first kappa shape index (κ1) is 12.5. The van der Waals surface area contributed by atoms with Crippen LogP contribution in [0.5, 0.6) is 0 Å². The van der Waals surface area contributed by atoms with E-state index in [2.05, 4.69) is 5.48 Å². The molecule has 2 rings (SSSR count). The number of nitrogens with one attached hydrogen (secondary N) is 1. The third-order valence-electron chi connectivity index (χ3n) is 3.37. The molecule has 0 heterocycles. The third-order valence-corrected chi connectivity index (χ3v) is 3.37. The zero-order valence-corrected chi connectivity index (χ0v) is 10.3. The summed E-state index contributed by atoms with van der Waals surface area (Å²) in [5, 5.41) is 0. The predicted octanol–water partition coefficient (Wildman–Crippen LogP) is 3.74. The third kappa shape index (κ3) is 3.27. The summed E-state index contributed by atoms with van der Waals surface area (Å²) in [5.74, 6) is -0.165. The van der Waals surface area contributed by atoms with Gasteiger partial charge in [0.25, 0.3) is 0 Å². The first-order valence-electron chi connectivity index (χ1n) is 6.47. The number of rotatable bonds is 5. The lowest BCUT2D eigenvalue weighted by Crippen LogP contribution is -2.26. The number of hydrogen-bond donors (Lipinski definition) is 1. The Morgan fingerprint density at radius 2 is 2.06 bits per heavy atom. The summed E-state index contributed by atoms with van der Waals surface area (Å²) in [6.07, 6.45) is 5.82. The van der Waals surface area contributed by atoms with Crippen molar-refractivity contribution < 1.29 is 9.23 Å². The van der Waals surface area contributed by atoms with Crippen LogP contribution >= 0.6 is 0 Å². The maximum atomic E-state index is 13.6. The molecule has 1 aliphatic carbocycles. The van der Waals surface area contributed by atoms with Crippen molar-refractivity contribution in [2.24, 2.45) is 0 Å². The van der Waals surface area contributed by atoms with Crippen LogP contribution < -0.4 is 5.48 Å². The highest BCUT2D eigenvalue weighted by atomic mass is 19.1. The molecule has 1 unspecified atom stereocenters. The molecule has 0 amide bonds. The van der Waals surface area contributed by atoms with Crippen LogP contribution in [0.2, 0.25) is 0 Å². The standard InChI is InChI=1S/C14H20FNO/c1-2-14(12-9-5-6-10-13(12)15)16-17-11-7-3-4-8-11/h5-6,9-11,14,16H,2-4,7-8H2,1H3. The normalized spacial score (nSPS) is 18.5. The van der Waals surface area contributed by atoms with Crippen LogP contribution in [0.15, 0.2) is 24.3 Å². The van der Waals surface area contributed by atoms with E-state index in [1.807, 2.05) is 19.1 Å². The van der Waals surface area contributed by atoms with Gasteiger partial charge in [-0.1, -0.05) is 38.0 Å². The maximum Gasteiger partial charge on any atom is 0.128 e. The van der Waals surface area contributed by atoms with Crippen molar-refractivity contribution >= 4 is 0 Å². The van der Waals surface area contributed by atoms with E-state index in [1.54, 1.807) is 6.07 Å². The van der Waals surface area contributed by atoms with Gasteiger partial charge in [-0.15, -0.1) is 0 Å². The molecule has 0 saturated heterocycles. The largest absolute Gasteiger partial charge is 0.298 e. The predicted molar refractivity (Wildman–Crippen MR) is 65.9 cm³/mol. The average Bonchev–Trinajstić information content (AvgIpc) is 2.85. The average molecular weight is 237 g/mol. The maximum absolute atomic E-state index is 13.6. The highest BCUT2D eigenvalue weighted by Crippen LogP contribution is 2.23. The quantitative estimate of drug-likeness (QED) is 0.788. The zero-order chi connectivity index (χ0) is 12.1. The lowest BCUT2D eigenvalue weighted by atomic mass is 10.1. The van der Waals surface area contributed by atoms with E-state index in [1.165, 1.54) is 18.9 Å². The van der Waals surface area contributed by atoms with Crippen molar-refractivity contribution in [3.8, 4) is 0 Å². The lowest BCUT2D eigenvalue weighted by molar-refractivity contribution is -0.0420. The Balaban J connectivity index is 1.94. The molecule has 1 aliphatic rings. The zero-order valence-electron chi connectivity index (χ0n) is 10.3. The molecule has 0 aromatic heterocycles. The summed E-state index contributed by atoms with van der Waals surface area (Å²) in [5.41, 5.74) is 3.72. The van der Waals surface area contributed by atoms with Crippen molar-refractivity contribution in [3.63, 3.8) is 0 Å². The molecule has 2 nitrogen and oxygen atoms in total. The van der Waals surface area contributed by atoms with Gasteiger partial charge in [-0.2, -0.15) is 5.48 Å². The summed E-state index contributed by atoms with van der Waals surface area (Å²) in [6, 6.07) is 6.82. The van der Waals surface area contributed by atoms with Gasteiger partial charge >= 0.3 is 0 Å². The smallest absolute Gasteiger partial charge is 0.128 e. The monoisotopic (exact) mass is 237 g/mol. The number of benzene rings is 1. The Morgan fingerprint density at radius 1 is 1.35 bits per heavy atom. The second kappa shape index (κ2) is 6.12. The van der Waals surface area contributed by atoms with E-state index in [0.29, 0.717) is 11.7 Å². The van der Waals surface area contributed by atoms with Gasteiger partial charge in [-0.05, 0) is 25.3 Å². The Labute approximate surface area is 102 Å².